The Morgan fingerprint density at radius 2 is 2.00 bits per heavy atom. The number of piperidine rings is 1. The normalized spacial score (nSPS) is 18.1. The van der Waals surface area contributed by atoms with E-state index in [4.69, 9.17) is 10.1 Å². The lowest BCUT2D eigenvalue weighted by Crippen LogP contribution is -2.34. The molecule has 0 saturated carbocycles. The van der Waals surface area contributed by atoms with Crippen molar-refractivity contribution < 1.29 is 0 Å². The van der Waals surface area contributed by atoms with Crippen LogP contribution in [0.25, 0.3) is 16.8 Å². The first kappa shape index (κ1) is 16.6. The van der Waals surface area contributed by atoms with E-state index >= 15 is 0 Å². The minimum atomic E-state index is 0.406. The van der Waals surface area contributed by atoms with Gasteiger partial charge in [0.05, 0.1) is 0 Å². The number of pyridine rings is 2. The van der Waals surface area contributed by atoms with Crippen molar-refractivity contribution in [3.05, 3.63) is 71.1 Å². The Morgan fingerprint density at radius 3 is 2.85 bits per heavy atom. The predicted molar refractivity (Wildman–Crippen MR) is 108 cm³/mol. The summed E-state index contributed by atoms with van der Waals surface area (Å²) in [5.41, 5.74) is 3.19. The quantitative estimate of drug-likeness (QED) is 0.535. The third kappa shape index (κ3) is 3.50. The van der Waals surface area contributed by atoms with Gasteiger partial charge in [0.1, 0.15) is 0 Å². The van der Waals surface area contributed by atoms with Crippen LogP contribution < -0.4 is 0 Å². The lowest BCUT2D eigenvalue weighted by atomic mass is 9.97. The highest BCUT2D eigenvalue weighted by molar-refractivity contribution is 7.09. The average molecular weight is 376 g/mol. The van der Waals surface area contributed by atoms with E-state index in [1.165, 1.54) is 11.3 Å². The third-order valence-electron chi connectivity index (χ3n) is 5.19. The summed E-state index contributed by atoms with van der Waals surface area (Å²) in [6.07, 6.45) is 8.06. The molecule has 0 aliphatic carbocycles. The highest BCUT2D eigenvalue weighted by atomic mass is 32.1. The summed E-state index contributed by atoms with van der Waals surface area (Å²) in [7, 11) is 0. The fraction of sp³-hybridized carbons (Fsp3) is 0.286. The lowest BCUT2D eigenvalue weighted by molar-refractivity contribution is 0.198. The molecule has 0 amide bonds. The summed E-state index contributed by atoms with van der Waals surface area (Å²) in [4.78, 5) is 12.9. The number of hydrogen-bond donors (Lipinski definition) is 0. The van der Waals surface area contributed by atoms with Gasteiger partial charge in [-0.25, -0.2) is 9.50 Å². The van der Waals surface area contributed by atoms with Crippen molar-refractivity contribution in [2.24, 2.45) is 0 Å². The van der Waals surface area contributed by atoms with E-state index in [0.717, 1.165) is 48.7 Å². The van der Waals surface area contributed by atoms with E-state index in [-0.39, 0.29) is 0 Å². The lowest BCUT2D eigenvalue weighted by Gasteiger charge is -2.30. The molecule has 1 atom stereocenters. The molecule has 5 rings (SSSR count). The van der Waals surface area contributed by atoms with Gasteiger partial charge in [0.15, 0.2) is 11.5 Å². The molecule has 1 saturated heterocycles. The van der Waals surface area contributed by atoms with Crippen LogP contribution >= 0.6 is 11.3 Å². The average Bonchev–Trinajstić information content (AvgIpc) is 3.38. The molecule has 27 heavy (non-hydrogen) atoms. The molecule has 4 aromatic heterocycles. The van der Waals surface area contributed by atoms with Crippen molar-refractivity contribution in [2.45, 2.75) is 25.3 Å². The fourth-order valence-electron chi connectivity index (χ4n) is 3.82. The molecule has 1 aliphatic heterocycles. The van der Waals surface area contributed by atoms with Crippen molar-refractivity contribution in [1.82, 2.24) is 24.5 Å². The minimum absolute atomic E-state index is 0.406. The van der Waals surface area contributed by atoms with Gasteiger partial charge >= 0.3 is 0 Å². The first-order valence-corrected chi connectivity index (χ1v) is 10.2. The van der Waals surface area contributed by atoms with Crippen molar-refractivity contribution in [3.8, 4) is 11.1 Å². The van der Waals surface area contributed by atoms with E-state index < -0.39 is 0 Å². The van der Waals surface area contributed by atoms with Gasteiger partial charge in [-0.1, -0.05) is 6.07 Å². The largest absolute Gasteiger partial charge is 0.298 e. The van der Waals surface area contributed by atoms with Gasteiger partial charge in [-0.2, -0.15) is 5.10 Å². The Labute approximate surface area is 162 Å². The van der Waals surface area contributed by atoms with Gasteiger partial charge in [0.2, 0.25) is 0 Å². The molecular weight excluding hydrogens is 354 g/mol. The summed E-state index contributed by atoms with van der Waals surface area (Å²) in [6, 6.07) is 12.5. The molecule has 0 spiro atoms. The maximum Gasteiger partial charge on any atom is 0.156 e. The molecule has 4 aromatic rings. The van der Waals surface area contributed by atoms with E-state index in [1.807, 2.05) is 40.4 Å². The van der Waals surface area contributed by atoms with E-state index in [2.05, 4.69) is 45.7 Å². The Hall–Kier alpha value is -2.57. The third-order valence-corrected chi connectivity index (χ3v) is 6.05. The number of nitrogens with zero attached hydrogens (tertiary/aromatic N) is 5. The second-order valence-electron chi connectivity index (χ2n) is 7.08. The van der Waals surface area contributed by atoms with Gasteiger partial charge in [0, 0.05) is 48.0 Å². The monoisotopic (exact) mass is 375 g/mol. The van der Waals surface area contributed by atoms with Crippen LogP contribution in [0.15, 0.2) is 60.4 Å². The number of fused-ring (bicyclic) bond motifs is 1. The van der Waals surface area contributed by atoms with E-state index in [1.54, 1.807) is 0 Å². The van der Waals surface area contributed by atoms with E-state index in [9.17, 15) is 0 Å². The zero-order valence-electron chi connectivity index (χ0n) is 15.0. The number of thiophene rings is 1. The van der Waals surface area contributed by atoms with Crippen LogP contribution in [0.4, 0.5) is 0 Å². The van der Waals surface area contributed by atoms with Crippen LogP contribution in [-0.2, 0) is 6.54 Å². The second kappa shape index (κ2) is 7.21. The van der Waals surface area contributed by atoms with E-state index in [0.29, 0.717) is 5.92 Å². The Morgan fingerprint density at radius 1 is 1.07 bits per heavy atom. The Bertz CT molecular complexity index is 1030. The van der Waals surface area contributed by atoms with Crippen molar-refractivity contribution >= 4 is 17.0 Å². The molecule has 6 heteroatoms. The Kier molecular flexibility index (Phi) is 4.43. The molecule has 1 aliphatic rings. The van der Waals surface area contributed by atoms with Crippen LogP contribution in [0, 0.1) is 0 Å². The summed E-state index contributed by atoms with van der Waals surface area (Å²) >= 11 is 1.84. The van der Waals surface area contributed by atoms with Gasteiger partial charge in [0.25, 0.3) is 0 Å². The first-order chi connectivity index (χ1) is 13.3. The topological polar surface area (TPSA) is 46.3 Å². The minimum Gasteiger partial charge on any atom is -0.298 e. The molecule has 0 aromatic carbocycles. The molecule has 136 valence electrons. The summed E-state index contributed by atoms with van der Waals surface area (Å²) in [5, 5.41) is 6.97. The molecule has 5 heterocycles. The first-order valence-electron chi connectivity index (χ1n) is 9.36. The Balaban J connectivity index is 1.38. The molecule has 1 unspecified atom stereocenters. The molecule has 1 fully saturated rings. The highest BCUT2D eigenvalue weighted by Crippen LogP contribution is 2.27. The molecule has 0 bridgehead atoms. The number of aromatic nitrogens is 4. The van der Waals surface area contributed by atoms with Crippen molar-refractivity contribution in [3.63, 3.8) is 0 Å². The van der Waals surface area contributed by atoms with Crippen LogP contribution in [0.1, 0.15) is 29.5 Å². The van der Waals surface area contributed by atoms with Gasteiger partial charge in [-0.15, -0.1) is 11.3 Å². The maximum atomic E-state index is 4.82. The van der Waals surface area contributed by atoms with Gasteiger partial charge in [-0.05, 0) is 60.7 Å². The van der Waals surface area contributed by atoms with Gasteiger partial charge < -0.3 is 0 Å². The fourth-order valence-corrected chi connectivity index (χ4v) is 4.57. The predicted octanol–water partition coefficient (Wildman–Crippen LogP) is 4.23. The summed E-state index contributed by atoms with van der Waals surface area (Å²) in [5.74, 6) is 1.38. The molecule has 5 nitrogen and oxygen atoms in total. The summed E-state index contributed by atoms with van der Waals surface area (Å²) in [6.45, 7) is 3.23. The zero-order valence-corrected chi connectivity index (χ0v) is 15.8. The van der Waals surface area contributed by atoms with Crippen LogP contribution in [0.2, 0.25) is 0 Å². The molecule has 0 N–H and O–H groups in total. The van der Waals surface area contributed by atoms with Crippen molar-refractivity contribution in [2.75, 3.05) is 13.1 Å². The SMILES string of the molecule is c1csc(CN2CCCC(c3nc4ccc(-c5ccncc5)cn4n3)C2)c1. The van der Waals surface area contributed by atoms with Crippen molar-refractivity contribution in [1.29, 1.82) is 0 Å². The van der Waals surface area contributed by atoms with Crippen LogP contribution in [-0.4, -0.2) is 37.6 Å². The van der Waals surface area contributed by atoms with Crippen LogP contribution in [0.5, 0.6) is 0 Å². The van der Waals surface area contributed by atoms with Gasteiger partial charge in [-0.3, -0.25) is 9.88 Å². The van der Waals surface area contributed by atoms with Crippen LogP contribution in [0.3, 0.4) is 0 Å². The number of hydrogen-bond acceptors (Lipinski definition) is 5. The smallest absolute Gasteiger partial charge is 0.156 e. The molecule has 0 radical (unpaired) electrons. The molecular formula is C21H21N5S. The summed E-state index contributed by atoms with van der Waals surface area (Å²) < 4.78 is 1.92. The maximum absolute atomic E-state index is 4.82. The number of rotatable bonds is 4. The second-order valence-corrected chi connectivity index (χ2v) is 8.11. The number of likely N-dealkylation sites (tertiary alicyclic amines) is 1. The highest BCUT2D eigenvalue weighted by Gasteiger charge is 2.25. The zero-order chi connectivity index (χ0) is 18.1. The standard InChI is InChI=1S/C21H21N5S/c1-3-18(13-25(11-1)15-19-4-2-12-27-19)21-23-20-6-5-17(14-26(20)24-21)16-7-9-22-10-8-16/h2,4-10,12,14,18H,1,3,11,13,15H2.